The second kappa shape index (κ2) is 6.01. The molecule has 0 spiro atoms. The number of piperidine rings is 1. The van der Waals surface area contributed by atoms with Gasteiger partial charge in [-0.2, -0.15) is 18.3 Å². The molecule has 3 N–H and O–H groups in total. The Labute approximate surface area is 129 Å². The van der Waals surface area contributed by atoms with E-state index in [4.69, 9.17) is 5.73 Å². The number of alkyl halides is 3. The summed E-state index contributed by atoms with van der Waals surface area (Å²) in [5.74, 6) is -3.59. The number of carbonyl (C=O) groups is 2. The van der Waals surface area contributed by atoms with Crippen molar-refractivity contribution in [3.8, 4) is 0 Å². The van der Waals surface area contributed by atoms with E-state index in [0.717, 1.165) is 7.11 Å². The zero-order chi connectivity index (χ0) is 17.3. The number of esters is 1. The molecule has 1 fully saturated rings. The Morgan fingerprint density at radius 1 is 1.48 bits per heavy atom. The summed E-state index contributed by atoms with van der Waals surface area (Å²) in [6.07, 6.45) is -5.60. The normalized spacial score (nSPS) is 24.9. The smallest absolute Gasteiger partial charge is 0.393 e. The number of nitrogens with one attached hydrogen (secondary N) is 1. The van der Waals surface area contributed by atoms with Gasteiger partial charge in [0.15, 0.2) is 5.41 Å². The van der Waals surface area contributed by atoms with E-state index in [0.29, 0.717) is 0 Å². The largest absolute Gasteiger partial charge is 0.468 e. The van der Waals surface area contributed by atoms with E-state index in [1.165, 1.54) is 12.1 Å². The summed E-state index contributed by atoms with van der Waals surface area (Å²) in [5, 5.41) is 9.43. The first kappa shape index (κ1) is 17.0. The zero-order valence-electron chi connectivity index (χ0n) is 12.2. The Hall–Kier alpha value is -2.39. The van der Waals surface area contributed by atoms with Crippen LogP contribution >= 0.6 is 0 Å². The van der Waals surface area contributed by atoms with Gasteiger partial charge in [0.1, 0.15) is 5.82 Å². The fourth-order valence-corrected chi connectivity index (χ4v) is 2.57. The highest BCUT2D eigenvalue weighted by molar-refractivity contribution is 6.03. The number of aromatic nitrogens is 2. The lowest BCUT2D eigenvalue weighted by Gasteiger charge is -2.38. The average Bonchev–Trinajstić information content (AvgIpc) is 2.49. The summed E-state index contributed by atoms with van der Waals surface area (Å²) in [6.45, 7) is -0.575. The molecule has 1 amide bonds. The van der Waals surface area contributed by atoms with Gasteiger partial charge in [-0.25, -0.2) is 0 Å². The maximum absolute atomic E-state index is 13.0. The molecule has 1 aliphatic rings. The summed E-state index contributed by atoms with van der Waals surface area (Å²) in [7, 11) is 1.02. The molecule has 0 aromatic carbocycles. The van der Waals surface area contributed by atoms with Crippen LogP contribution < -0.4 is 11.1 Å². The molecule has 1 saturated heterocycles. The molecular formula is C13H15F3N4O3. The Balaban J connectivity index is 2.38. The Morgan fingerprint density at radius 3 is 2.70 bits per heavy atom. The molecule has 2 atom stereocenters. The molecule has 1 aliphatic heterocycles. The first-order chi connectivity index (χ1) is 10.7. The van der Waals surface area contributed by atoms with Crippen LogP contribution in [0.3, 0.4) is 0 Å². The predicted octanol–water partition coefficient (Wildman–Crippen LogP) is 0.459. The van der Waals surface area contributed by atoms with Gasteiger partial charge in [0.05, 0.1) is 18.7 Å². The maximum Gasteiger partial charge on any atom is 0.393 e. The Kier molecular flexibility index (Phi) is 4.44. The molecule has 1 unspecified atom stereocenters. The molecule has 126 valence electrons. The number of rotatable bonds is 3. The molecule has 10 heteroatoms. The molecule has 0 bridgehead atoms. The lowest BCUT2D eigenvalue weighted by Crippen LogP contribution is -2.57. The molecule has 2 rings (SSSR count). The van der Waals surface area contributed by atoms with E-state index >= 15 is 0 Å². The van der Waals surface area contributed by atoms with Crippen LogP contribution in [0.5, 0.6) is 0 Å². The quantitative estimate of drug-likeness (QED) is 0.615. The SMILES string of the molecule is COC(=O)C1(Cc2ccc(N)nn2)C[C@@H](C(F)(F)F)CNC1=O. The topological polar surface area (TPSA) is 107 Å². The van der Waals surface area contributed by atoms with Gasteiger partial charge in [-0.1, -0.05) is 0 Å². The van der Waals surface area contributed by atoms with Crippen LogP contribution in [-0.2, 0) is 20.7 Å². The Morgan fingerprint density at radius 2 is 2.17 bits per heavy atom. The first-order valence-electron chi connectivity index (χ1n) is 6.70. The van der Waals surface area contributed by atoms with Crippen LogP contribution in [-0.4, -0.2) is 41.9 Å². The third-order valence-electron chi connectivity index (χ3n) is 3.80. The predicted molar refractivity (Wildman–Crippen MR) is 71.8 cm³/mol. The molecule has 1 aromatic rings. The highest BCUT2D eigenvalue weighted by Gasteiger charge is 2.56. The highest BCUT2D eigenvalue weighted by Crippen LogP contribution is 2.41. The number of ether oxygens (including phenoxy) is 1. The van der Waals surface area contributed by atoms with Gasteiger partial charge in [0, 0.05) is 13.0 Å². The molecule has 23 heavy (non-hydrogen) atoms. The average molecular weight is 332 g/mol. The van der Waals surface area contributed by atoms with Crippen LogP contribution in [0.4, 0.5) is 19.0 Å². The van der Waals surface area contributed by atoms with Crippen LogP contribution in [0.15, 0.2) is 12.1 Å². The van der Waals surface area contributed by atoms with Crippen LogP contribution in [0.2, 0.25) is 0 Å². The third kappa shape index (κ3) is 3.35. The fraction of sp³-hybridized carbons (Fsp3) is 0.538. The summed E-state index contributed by atoms with van der Waals surface area (Å²) in [5.41, 5.74) is 3.56. The van der Waals surface area contributed by atoms with Crippen LogP contribution in [0.25, 0.3) is 0 Å². The number of nitrogens with two attached hydrogens (primary N) is 1. The lowest BCUT2D eigenvalue weighted by molar-refractivity contribution is -0.195. The number of methoxy groups -OCH3 is 1. The van der Waals surface area contributed by atoms with Crippen molar-refractivity contribution in [3.05, 3.63) is 17.8 Å². The first-order valence-corrected chi connectivity index (χ1v) is 6.70. The van der Waals surface area contributed by atoms with Crippen molar-refractivity contribution in [1.82, 2.24) is 15.5 Å². The number of halogens is 3. The van der Waals surface area contributed by atoms with Gasteiger partial charge in [0.2, 0.25) is 5.91 Å². The minimum Gasteiger partial charge on any atom is -0.468 e. The van der Waals surface area contributed by atoms with Crippen LogP contribution in [0, 0.1) is 11.3 Å². The van der Waals surface area contributed by atoms with Crippen molar-refractivity contribution in [2.75, 3.05) is 19.4 Å². The molecule has 0 aliphatic carbocycles. The third-order valence-corrected chi connectivity index (χ3v) is 3.80. The van der Waals surface area contributed by atoms with E-state index in [1.54, 1.807) is 0 Å². The summed E-state index contributed by atoms with van der Waals surface area (Å²) in [4.78, 5) is 24.3. The van der Waals surface area contributed by atoms with E-state index in [2.05, 4.69) is 20.3 Å². The van der Waals surface area contributed by atoms with Gasteiger partial charge in [-0.15, -0.1) is 5.10 Å². The van der Waals surface area contributed by atoms with E-state index in [-0.39, 0.29) is 17.9 Å². The number of hydrogen-bond acceptors (Lipinski definition) is 6. The number of nitrogens with zero attached hydrogens (tertiary/aromatic N) is 2. The van der Waals surface area contributed by atoms with E-state index < -0.39 is 42.4 Å². The van der Waals surface area contributed by atoms with Crippen molar-refractivity contribution >= 4 is 17.7 Å². The number of hydrogen-bond donors (Lipinski definition) is 2. The standard InChI is InChI=1S/C13H15F3N4O3/c1-23-11(22)12(5-8-2-3-9(17)20-19-8)4-7(13(14,15)16)6-18-10(12)21/h2-3,7H,4-6H2,1H3,(H2,17,20)(H,18,21)/t7-,12?/m1/s1. The van der Waals surface area contributed by atoms with E-state index in [1.807, 2.05) is 0 Å². The van der Waals surface area contributed by atoms with Gasteiger partial charge in [0.25, 0.3) is 0 Å². The maximum atomic E-state index is 13.0. The van der Waals surface area contributed by atoms with Crippen molar-refractivity contribution in [1.29, 1.82) is 0 Å². The van der Waals surface area contributed by atoms with Crippen molar-refractivity contribution in [2.45, 2.75) is 19.0 Å². The van der Waals surface area contributed by atoms with Crippen molar-refractivity contribution in [2.24, 2.45) is 11.3 Å². The number of anilines is 1. The molecule has 2 heterocycles. The summed E-state index contributed by atoms with van der Waals surface area (Å²) < 4.78 is 43.6. The van der Waals surface area contributed by atoms with Gasteiger partial charge < -0.3 is 15.8 Å². The van der Waals surface area contributed by atoms with Crippen LogP contribution in [0.1, 0.15) is 12.1 Å². The molecule has 0 radical (unpaired) electrons. The molecule has 0 saturated carbocycles. The highest BCUT2D eigenvalue weighted by atomic mass is 19.4. The monoisotopic (exact) mass is 332 g/mol. The lowest BCUT2D eigenvalue weighted by atomic mass is 9.72. The summed E-state index contributed by atoms with van der Waals surface area (Å²) >= 11 is 0. The fourth-order valence-electron chi connectivity index (χ4n) is 2.57. The van der Waals surface area contributed by atoms with E-state index in [9.17, 15) is 22.8 Å². The van der Waals surface area contributed by atoms with Gasteiger partial charge >= 0.3 is 12.1 Å². The summed E-state index contributed by atoms with van der Waals surface area (Å²) in [6, 6.07) is 2.78. The molecule has 1 aromatic heterocycles. The minimum atomic E-state index is -4.54. The van der Waals surface area contributed by atoms with Crippen molar-refractivity contribution in [3.63, 3.8) is 0 Å². The van der Waals surface area contributed by atoms with Gasteiger partial charge in [-0.3, -0.25) is 9.59 Å². The number of carbonyl (C=O) groups excluding carboxylic acids is 2. The number of amides is 1. The van der Waals surface area contributed by atoms with Crippen molar-refractivity contribution < 1.29 is 27.5 Å². The number of nitrogen functional groups attached to an aromatic ring is 1. The minimum absolute atomic E-state index is 0.113. The Bertz CT molecular complexity index is 595. The zero-order valence-corrected chi connectivity index (χ0v) is 12.2. The van der Waals surface area contributed by atoms with Gasteiger partial charge in [-0.05, 0) is 18.6 Å². The second-order valence-corrected chi connectivity index (χ2v) is 5.35. The molecular weight excluding hydrogens is 317 g/mol. The molecule has 7 nitrogen and oxygen atoms in total. The second-order valence-electron chi connectivity index (χ2n) is 5.35.